The number of amides is 1. The molecule has 6 nitrogen and oxygen atoms in total. The fraction of sp³-hybridized carbons (Fsp3) is 0.273. The molecule has 1 amide bonds. The van der Waals surface area contributed by atoms with Crippen LogP contribution in [0.1, 0.15) is 23.0 Å². The summed E-state index contributed by atoms with van der Waals surface area (Å²) in [6.07, 6.45) is 1.68. The van der Waals surface area contributed by atoms with E-state index in [2.05, 4.69) is 15.3 Å². The van der Waals surface area contributed by atoms with Gasteiger partial charge in [0.2, 0.25) is 0 Å². The average Bonchev–Trinajstić information content (AvgIpc) is 2.99. The Morgan fingerprint density at radius 3 is 2.71 bits per heavy atom. The smallest absolute Gasteiger partial charge is 0.270 e. The van der Waals surface area contributed by atoms with Crippen molar-refractivity contribution in [2.75, 3.05) is 20.6 Å². The zero-order chi connectivity index (χ0) is 20.0. The number of aromatic amines is 1. The van der Waals surface area contributed by atoms with E-state index in [1.807, 2.05) is 51.0 Å². The number of carbonyl (C=O) groups is 1. The average molecular weight is 376 g/mol. The molecular weight excluding hydrogens is 352 g/mol. The van der Waals surface area contributed by atoms with Gasteiger partial charge in [-0.05, 0) is 69.2 Å². The number of aromatic hydroxyl groups is 1. The maximum atomic E-state index is 12.9. The number of phenols is 1. The molecule has 0 aliphatic carbocycles. The van der Waals surface area contributed by atoms with E-state index in [0.29, 0.717) is 5.69 Å². The van der Waals surface area contributed by atoms with Crippen molar-refractivity contribution in [3.05, 3.63) is 47.8 Å². The van der Waals surface area contributed by atoms with Gasteiger partial charge in [0.25, 0.3) is 5.91 Å². The number of nitrogens with zero attached hydrogens (tertiary/aromatic N) is 2. The first-order valence-electron chi connectivity index (χ1n) is 9.33. The summed E-state index contributed by atoms with van der Waals surface area (Å²) in [7, 11) is 3.96. The van der Waals surface area contributed by atoms with Crippen LogP contribution in [0.25, 0.3) is 32.6 Å². The van der Waals surface area contributed by atoms with Gasteiger partial charge in [-0.3, -0.25) is 9.78 Å². The molecule has 0 bridgehead atoms. The number of aryl methyl sites for hydroxylation is 1. The van der Waals surface area contributed by atoms with Gasteiger partial charge in [0.05, 0.1) is 5.52 Å². The van der Waals surface area contributed by atoms with Gasteiger partial charge in [-0.25, -0.2) is 0 Å². The molecule has 1 atom stereocenters. The number of fused-ring (bicyclic) bond motifs is 4. The Hall–Kier alpha value is -3.12. The van der Waals surface area contributed by atoms with Crippen molar-refractivity contribution in [1.29, 1.82) is 0 Å². The summed E-state index contributed by atoms with van der Waals surface area (Å²) >= 11 is 0. The Morgan fingerprint density at radius 1 is 1.18 bits per heavy atom. The molecule has 2 heterocycles. The Balaban J connectivity index is 1.90. The number of carbonyl (C=O) groups excluding carboxylic acids is 1. The lowest BCUT2D eigenvalue weighted by molar-refractivity contribution is 0.0931. The van der Waals surface area contributed by atoms with Gasteiger partial charge in [0.1, 0.15) is 11.4 Å². The topological polar surface area (TPSA) is 81.2 Å². The van der Waals surface area contributed by atoms with E-state index in [1.54, 1.807) is 18.3 Å². The minimum atomic E-state index is -0.179. The number of pyridine rings is 1. The molecule has 0 unspecified atom stereocenters. The van der Waals surface area contributed by atoms with E-state index < -0.39 is 0 Å². The summed E-state index contributed by atoms with van der Waals surface area (Å²) in [4.78, 5) is 22.8. The third-order valence-corrected chi connectivity index (χ3v) is 5.11. The highest BCUT2D eigenvalue weighted by Gasteiger charge is 2.18. The Bertz CT molecular complexity index is 1210. The van der Waals surface area contributed by atoms with Gasteiger partial charge < -0.3 is 20.3 Å². The molecule has 0 spiro atoms. The molecule has 2 aromatic heterocycles. The van der Waals surface area contributed by atoms with E-state index in [1.165, 1.54) is 0 Å². The number of rotatable bonds is 4. The van der Waals surface area contributed by atoms with Crippen molar-refractivity contribution in [1.82, 2.24) is 20.2 Å². The van der Waals surface area contributed by atoms with Crippen LogP contribution in [0, 0.1) is 6.92 Å². The predicted molar refractivity (Wildman–Crippen MR) is 113 cm³/mol. The molecule has 144 valence electrons. The van der Waals surface area contributed by atoms with Crippen LogP contribution in [0.15, 0.2) is 36.5 Å². The van der Waals surface area contributed by atoms with E-state index >= 15 is 0 Å². The van der Waals surface area contributed by atoms with E-state index in [9.17, 15) is 9.90 Å². The molecule has 3 N–H and O–H groups in total. The molecule has 28 heavy (non-hydrogen) atoms. The van der Waals surface area contributed by atoms with Gasteiger partial charge in [-0.1, -0.05) is 0 Å². The van der Waals surface area contributed by atoms with Gasteiger partial charge in [-0.15, -0.1) is 0 Å². The molecule has 0 fully saturated rings. The van der Waals surface area contributed by atoms with Crippen LogP contribution in [0.4, 0.5) is 0 Å². The Kier molecular flexibility index (Phi) is 4.43. The monoisotopic (exact) mass is 376 g/mol. The highest BCUT2D eigenvalue weighted by molar-refractivity contribution is 6.17. The molecule has 2 aromatic carbocycles. The van der Waals surface area contributed by atoms with Crippen molar-refractivity contribution in [3.8, 4) is 5.75 Å². The molecule has 0 aliphatic rings. The fourth-order valence-electron chi connectivity index (χ4n) is 3.94. The molecule has 0 aliphatic heterocycles. The van der Waals surface area contributed by atoms with E-state index in [-0.39, 0.29) is 17.7 Å². The number of benzene rings is 2. The second kappa shape index (κ2) is 6.80. The molecule has 0 saturated heterocycles. The highest BCUT2D eigenvalue weighted by Crippen LogP contribution is 2.35. The standard InChI is InChI=1S/C22H24N4O2/c1-12(11-26(3)4)24-22(28)21-17-10-18-16-9-14(27)5-6-19(16)25-20(18)13(2)15(17)7-8-23-21/h5-10,12,25,27H,11H2,1-4H3,(H,24,28)/t12-/m1/s1. The maximum Gasteiger partial charge on any atom is 0.270 e. The van der Waals surface area contributed by atoms with E-state index in [0.717, 1.165) is 44.7 Å². The van der Waals surface area contributed by atoms with Gasteiger partial charge >= 0.3 is 0 Å². The Labute approximate surface area is 163 Å². The molecular formula is C22H24N4O2. The number of hydrogen-bond acceptors (Lipinski definition) is 4. The SMILES string of the molecule is Cc1c2ccnc(C(=O)N[C@H](C)CN(C)C)c2cc2c1[nH]c1ccc(O)cc12. The summed E-state index contributed by atoms with van der Waals surface area (Å²) in [6, 6.07) is 9.22. The zero-order valence-electron chi connectivity index (χ0n) is 16.5. The number of hydrogen-bond donors (Lipinski definition) is 3. The third-order valence-electron chi connectivity index (χ3n) is 5.11. The lowest BCUT2D eigenvalue weighted by atomic mass is 10.00. The van der Waals surface area contributed by atoms with Gasteiger partial charge in [0.15, 0.2) is 0 Å². The van der Waals surface area contributed by atoms with Crippen LogP contribution in [0.3, 0.4) is 0 Å². The number of phenolic OH excluding ortho intramolecular Hbond substituents is 1. The van der Waals surface area contributed by atoms with Crippen molar-refractivity contribution >= 4 is 38.5 Å². The third kappa shape index (κ3) is 3.05. The molecule has 4 rings (SSSR count). The van der Waals surface area contributed by atoms with Crippen LogP contribution in [-0.4, -0.2) is 52.6 Å². The molecule has 6 heteroatoms. The van der Waals surface area contributed by atoms with Gasteiger partial charge in [0, 0.05) is 40.5 Å². The first-order chi connectivity index (χ1) is 13.3. The molecule has 4 aromatic rings. The zero-order valence-corrected chi connectivity index (χ0v) is 16.5. The van der Waals surface area contributed by atoms with E-state index in [4.69, 9.17) is 0 Å². The summed E-state index contributed by atoms with van der Waals surface area (Å²) < 4.78 is 0. The lowest BCUT2D eigenvalue weighted by Gasteiger charge is -2.18. The largest absolute Gasteiger partial charge is 0.508 e. The lowest BCUT2D eigenvalue weighted by Crippen LogP contribution is -2.39. The highest BCUT2D eigenvalue weighted by atomic mass is 16.3. The maximum absolute atomic E-state index is 12.9. The first-order valence-corrected chi connectivity index (χ1v) is 9.33. The number of H-pyrrole nitrogens is 1. The fourth-order valence-corrected chi connectivity index (χ4v) is 3.94. The second-order valence-electron chi connectivity index (χ2n) is 7.67. The van der Waals surface area contributed by atoms with Crippen molar-refractivity contribution in [2.24, 2.45) is 0 Å². The summed E-state index contributed by atoms with van der Waals surface area (Å²) in [6.45, 7) is 4.77. The van der Waals surface area contributed by atoms with Crippen LogP contribution >= 0.6 is 0 Å². The van der Waals surface area contributed by atoms with Crippen LogP contribution in [-0.2, 0) is 0 Å². The van der Waals surface area contributed by atoms with Gasteiger partial charge in [-0.2, -0.15) is 0 Å². The minimum absolute atomic E-state index is 0.00872. The second-order valence-corrected chi connectivity index (χ2v) is 7.67. The predicted octanol–water partition coefficient (Wildman–Crippen LogP) is 3.56. The minimum Gasteiger partial charge on any atom is -0.508 e. The molecule has 0 saturated carbocycles. The molecule has 0 radical (unpaired) electrons. The summed E-state index contributed by atoms with van der Waals surface area (Å²) in [5, 5.41) is 16.6. The van der Waals surface area contributed by atoms with Crippen LogP contribution in [0.2, 0.25) is 0 Å². The summed E-state index contributed by atoms with van der Waals surface area (Å²) in [5.41, 5.74) is 3.43. The quantitative estimate of drug-likeness (QED) is 0.509. The number of likely N-dealkylation sites (N-methyl/N-ethyl adjacent to an activating group) is 1. The number of nitrogens with one attached hydrogen (secondary N) is 2. The summed E-state index contributed by atoms with van der Waals surface area (Å²) in [5.74, 6) is 0.0363. The van der Waals surface area contributed by atoms with Crippen LogP contribution < -0.4 is 5.32 Å². The first kappa shape index (κ1) is 18.3. The van der Waals surface area contributed by atoms with Crippen molar-refractivity contribution < 1.29 is 9.90 Å². The van der Waals surface area contributed by atoms with Crippen molar-refractivity contribution in [2.45, 2.75) is 19.9 Å². The van der Waals surface area contributed by atoms with Crippen LogP contribution in [0.5, 0.6) is 5.75 Å². The number of aromatic nitrogens is 2. The van der Waals surface area contributed by atoms with Crippen molar-refractivity contribution in [3.63, 3.8) is 0 Å². The Morgan fingerprint density at radius 2 is 1.96 bits per heavy atom. The normalized spacial score (nSPS) is 12.9.